The van der Waals surface area contributed by atoms with Gasteiger partial charge < -0.3 is 0 Å². The molecule has 3 rings (SSSR count). The molecule has 2 aliphatic heterocycles. The van der Waals surface area contributed by atoms with E-state index in [1.54, 1.807) is 4.31 Å². The predicted octanol–water partition coefficient (Wildman–Crippen LogP) is 1.81. The standard InChI is InChI=1S/C14H22N2O4S2/c17-13-10-21-14(18)16(13)11-6-8-15(9-7-11)22(19,20)12-4-2-1-3-5-12/h11-12H,1-10H2. The molecular formula is C14H22N2O4S2. The summed E-state index contributed by atoms with van der Waals surface area (Å²) >= 11 is 1.04. The van der Waals surface area contributed by atoms with E-state index in [-0.39, 0.29) is 28.2 Å². The molecule has 0 aromatic rings. The topological polar surface area (TPSA) is 74.8 Å². The van der Waals surface area contributed by atoms with E-state index < -0.39 is 10.0 Å². The van der Waals surface area contributed by atoms with Crippen LogP contribution in [0.4, 0.5) is 4.79 Å². The second kappa shape index (κ2) is 6.49. The van der Waals surface area contributed by atoms with Crippen molar-refractivity contribution in [3.05, 3.63) is 0 Å². The molecule has 1 aliphatic carbocycles. The van der Waals surface area contributed by atoms with Crippen LogP contribution in [0.3, 0.4) is 0 Å². The third-order valence-electron chi connectivity index (χ3n) is 4.91. The van der Waals surface area contributed by atoms with Gasteiger partial charge in [-0.05, 0) is 25.7 Å². The lowest BCUT2D eigenvalue weighted by Crippen LogP contribution is -2.50. The lowest BCUT2D eigenvalue weighted by atomic mass is 10.0. The second-order valence-corrected chi connectivity index (χ2v) is 9.39. The fourth-order valence-corrected chi connectivity index (χ4v) is 6.49. The van der Waals surface area contributed by atoms with Crippen molar-refractivity contribution in [1.82, 2.24) is 9.21 Å². The number of carbonyl (C=O) groups is 2. The number of amides is 2. The van der Waals surface area contributed by atoms with Crippen LogP contribution in [-0.4, -0.2) is 58.9 Å². The van der Waals surface area contributed by atoms with Gasteiger partial charge in [0.05, 0.1) is 11.0 Å². The Kier molecular flexibility index (Phi) is 4.80. The molecule has 3 aliphatic rings. The number of hydrogen-bond acceptors (Lipinski definition) is 5. The minimum atomic E-state index is -3.22. The first-order valence-electron chi connectivity index (χ1n) is 7.98. The summed E-state index contributed by atoms with van der Waals surface area (Å²) in [5.41, 5.74) is 0. The monoisotopic (exact) mass is 346 g/mol. The summed E-state index contributed by atoms with van der Waals surface area (Å²) in [5.74, 6) is 0.0861. The number of carbonyl (C=O) groups excluding carboxylic acids is 2. The van der Waals surface area contributed by atoms with Crippen molar-refractivity contribution in [3.8, 4) is 0 Å². The molecule has 0 spiro atoms. The van der Waals surface area contributed by atoms with E-state index in [1.807, 2.05) is 0 Å². The average Bonchev–Trinajstić information content (AvgIpc) is 2.87. The van der Waals surface area contributed by atoms with Crippen molar-refractivity contribution in [1.29, 1.82) is 0 Å². The van der Waals surface area contributed by atoms with E-state index in [0.29, 0.717) is 25.9 Å². The first-order chi connectivity index (χ1) is 10.5. The molecule has 2 amide bonds. The number of sulfonamides is 1. The van der Waals surface area contributed by atoms with E-state index in [0.717, 1.165) is 43.9 Å². The maximum absolute atomic E-state index is 12.7. The van der Waals surface area contributed by atoms with Crippen LogP contribution in [0.25, 0.3) is 0 Å². The van der Waals surface area contributed by atoms with Gasteiger partial charge in [0.1, 0.15) is 0 Å². The Hall–Kier alpha value is -0.600. The Bertz CT molecular complexity index is 533. The molecule has 3 fully saturated rings. The van der Waals surface area contributed by atoms with Gasteiger partial charge in [0.25, 0.3) is 5.24 Å². The number of hydrogen-bond donors (Lipinski definition) is 0. The van der Waals surface area contributed by atoms with Crippen LogP contribution >= 0.6 is 11.8 Å². The highest BCUT2D eigenvalue weighted by molar-refractivity contribution is 8.14. The highest BCUT2D eigenvalue weighted by Gasteiger charge is 2.40. The zero-order valence-electron chi connectivity index (χ0n) is 12.6. The summed E-state index contributed by atoms with van der Waals surface area (Å²) in [4.78, 5) is 24.9. The van der Waals surface area contributed by atoms with Gasteiger partial charge in [-0.3, -0.25) is 14.5 Å². The van der Waals surface area contributed by atoms with Gasteiger partial charge in [-0.2, -0.15) is 0 Å². The molecule has 6 nitrogen and oxygen atoms in total. The molecule has 0 radical (unpaired) electrons. The van der Waals surface area contributed by atoms with Crippen LogP contribution in [0.15, 0.2) is 0 Å². The van der Waals surface area contributed by atoms with Crippen LogP contribution in [0, 0.1) is 0 Å². The van der Waals surface area contributed by atoms with Gasteiger partial charge >= 0.3 is 0 Å². The molecule has 0 atom stereocenters. The van der Waals surface area contributed by atoms with E-state index in [2.05, 4.69) is 0 Å². The van der Waals surface area contributed by atoms with Crippen LogP contribution < -0.4 is 0 Å². The van der Waals surface area contributed by atoms with Crippen molar-refractivity contribution in [2.75, 3.05) is 18.8 Å². The number of nitrogens with zero attached hydrogens (tertiary/aromatic N) is 2. The largest absolute Gasteiger partial charge is 0.289 e. The second-order valence-electron chi connectivity index (χ2n) is 6.25. The molecule has 2 heterocycles. The molecule has 2 saturated heterocycles. The van der Waals surface area contributed by atoms with Crippen molar-refractivity contribution in [2.45, 2.75) is 56.2 Å². The first-order valence-corrected chi connectivity index (χ1v) is 10.5. The molecule has 0 N–H and O–H groups in total. The summed E-state index contributed by atoms with van der Waals surface area (Å²) in [7, 11) is -3.22. The summed E-state index contributed by atoms with van der Waals surface area (Å²) in [6.07, 6.45) is 5.77. The van der Waals surface area contributed by atoms with E-state index in [9.17, 15) is 18.0 Å². The van der Waals surface area contributed by atoms with Gasteiger partial charge in [0.2, 0.25) is 15.9 Å². The highest BCUT2D eigenvalue weighted by Crippen LogP contribution is 2.30. The van der Waals surface area contributed by atoms with E-state index >= 15 is 0 Å². The maximum Gasteiger partial charge on any atom is 0.289 e. The first kappa shape index (κ1) is 16.3. The van der Waals surface area contributed by atoms with Gasteiger partial charge in [0.15, 0.2) is 0 Å². The lowest BCUT2D eigenvalue weighted by molar-refractivity contribution is -0.126. The number of rotatable bonds is 3. The Balaban J connectivity index is 1.61. The zero-order valence-corrected chi connectivity index (χ0v) is 14.2. The summed E-state index contributed by atoms with van der Waals surface area (Å²) in [5, 5.41) is -0.415. The normalized spacial score (nSPS) is 26.8. The van der Waals surface area contributed by atoms with Gasteiger partial charge in [0, 0.05) is 19.1 Å². The summed E-state index contributed by atoms with van der Waals surface area (Å²) in [6, 6.07) is -0.132. The Labute approximate surface area is 135 Å². The molecule has 1 saturated carbocycles. The van der Waals surface area contributed by atoms with Crippen LogP contribution in [0.5, 0.6) is 0 Å². The molecule has 124 valence electrons. The zero-order chi connectivity index (χ0) is 15.7. The molecule has 0 aromatic heterocycles. The van der Waals surface area contributed by atoms with Crippen molar-refractivity contribution in [3.63, 3.8) is 0 Å². The molecule has 0 bridgehead atoms. The third-order valence-corrected chi connectivity index (χ3v) is 8.14. The van der Waals surface area contributed by atoms with Crippen molar-refractivity contribution < 1.29 is 18.0 Å². The molecule has 0 aromatic carbocycles. The van der Waals surface area contributed by atoms with E-state index in [1.165, 1.54) is 4.90 Å². The predicted molar refractivity (Wildman–Crippen MR) is 85.1 cm³/mol. The maximum atomic E-state index is 12.7. The number of piperidine rings is 1. The van der Waals surface area contributed by atoms with Crippen LogP contribution in [0.2, 0.25) is 0 Å². The Morgan fingerprint density at radius 1 is 0.955 bits per heavy atom. The van der Waals surface area contributed by atoms with Crippen molar-refractivity contribution >= 4 is 32.9 Å². The van der Waals surface area contributed by atoms with Crippen LogP contribution in [-0.2, 0) is 14.8 Å². The van der Waals surface area contributed by atoms with Gasteiger partial charge in [-0.1, -0.05) is 31.0 Å². The van der Waals surface area contributed by atoms with Gasteiger partial charge in [-0.25, -0.2) is 12.7 Å². The molecule has 0 unspecified atom stereocenters. The SMILES string of the molecule is O=C1CSC(=O)N1C1CCN(S(=O)(=O)C2CCCCC2)CC1. The highest BCUT2D eigenvalue weighted by atomic mass is 32.2. The van der Waals surface area contributed by atoms with Crippen molar-refractivity contribution in [2.24, 2.45) is 0 Å². The molecule has 22 heavy (non-hydrogen) atoms. The molecular weight excluding hydrogens is 324 g/mol. The van der Waals surface area contributed by atoms with Crippen LogP contribution in [0.1, 0.15) is 44.9 Å². The smallest absolute Gasteiger partial charge is 0.273 e. The number of imide groups is 1. The minimum Gasteiger partial charge on any atom is -0.273 e. The Morgan fingerprint density at radius 3 is 2.14 bits per heavy atom. The quantitative estimate of drug-likeness (QED) is 0.779. The van der Waals surface area contributed by atoms with E-state index in [4.69, 9.17) is 0 Å². The lowest BCUT2D eigenvalue weighted by Gasteiger charge is -2.37. The Morgan fingerprint density at radius 2 is 1.59 bits per heavy atom. The molecule has 8 heteroatoms. The summed E-state index contributed by atoms with van der Waals surface area (Å²) in [6.45, 7) is 0.844. The fourth-order valence-electron chi connectivity index (χ4n) is 3.65. The third kappa shape index (κ3) is 3.05. The average molecular weight is 346 g/mol. The minimum absolute atomic E-state index is 0.132. The summed E-state index contributed by atoms with van der Waals surface area (Å²) < 4.78 is 26.9. The van der Waals surface area contributed by atoms with Gasteiger partial charge in [-0.15, -0.1) is 0 Å². The number of thioether (sulfide) groups is 1. The fraction of sp³-hybridized carbons (Fsp3) is 0.857.